The number of thioether (sulfide) groups is 1. The first-order valence-electron chi connectivity index (χ1n) is 4.73. The molecule has 0 aliphatic heterocycles. The van der Waals surface area contributed by atoms with Crippen LogP contribution in [0, 0.1) is 0 Å². The maximum Gasteiger partial charge on any atom is 0.209 e. The predicted octanol–water partition coefficient (Wildman–Crippen LogP) is 0.942. The van der Waals surface area contributed by atoms with Gasteiger partial charge in [-0.2, -0.15) is 0 Å². The number of primary sulfonamides is 1. The molecule has 0 saturated carbocycles. The Kier molecular flexibility index (Phi) is 5.44. The summed E-state index contributed by atoms with van der Waals surface area (Å²) in [6.07, 6.45) is 2.26. The molecule has 1 aromatic heterocycles. The molecule has 0 aliphatic carbocycles. The van der Waals surface area contributed by atoms with Crippen molar-refractivity contribution in [3.05, 3.63) is 11.2 Å². The van der Waals surface area contributed by atoms with Crippen LogP contribution in [0.15, 0.2) is 11.2 Å². The van der Waals surface area contributed by atoms with Crippen LogP contribution in [-0.2, 0) is 10.0 Å². The largest absolute Gasteiger partial charge is 0.370 e. The summed E-state index contributed by atoms with van der Waals surface area (Å²) in [5, 5.41) is 8.75. The smallest absolute Gasteiger partial charge is 0.209 e. The van der Waals surface area contributed by atoms with Crippen molar-refractivity contribution in [2.45, 2.75) is 11.6 Å². The van der Waals surface area contributed by atoms with Crippen molar-refractivity contribution in [1.82, 2.24) is 9.97 Å². The third kappa shape index (κ3) is 6.06. The number of anilines is 1. The summed E-state index contributed by atoms with van der Waals surface area (Å²) in [7, 11) is -3.40. The SMILES string of the molecule is CSc1nc(Cl)cc(NCCCS(N)(=O)=O)n1. The summed E-state index contributed by atoms with van der Waals surface area (Å²) < 4.78 is 21.4. The fourth-order valence-corrected chi connectivity index (χ4v) is 2.23. The van der Waals surface area contributed by atoms with Crippen LogP contribution >= 0.6 is 23.4 Å². The number of halogens is 1. The van der Waals surface area contributed by atoms with Gasteiger partial charge in [-0.3, -0.25) is 0 Å². The second-order valence-corrected chi connectivity index (χ2v) is 6.10. The zero-order valence-electron chi connectivity index (χ0n) is 9.18. The van der Waals surface area contributed by atoms with E-state index in [1.54, 1.807) is 6.07 Å². The van der Waals surface area contributed by atoms with E-state index in [1.165, 1.54) is 11.8 Å². The summed E-state index contributed by atoms with van der Waals surface area (Å²) in [4.78, 5) is 8.14. The molecule has 0 radical (unpaired) electrons. The van der Waals surface area contributed by atoms with Gasteiger partial charge < -0.3 is 5.32 Å². The molecule has 6 nitrogen and oxygen atoms in total. The van der Waals surface area contributed by atoms with Gasteiger partial charge in [0.2, 0.25) is 10.0 Å². The van der Waals surface area contributed by atoms with Gasteiger partial charge in [0.15, 0.2) is 5.16 Å². The molecular formula is C8H13ClN4O2S2. The minimum atomic E-state index is -3.40. The maximum absolute atomic E-state index is 10.7. The van der Waals surface area contributed by atoms with Crippen LogP contribution in [0.2, 0.25) is 5.15 Å². The van der Waals surface area contributed by atoms with Gasteiger partial charge in [0.1, 0.15) is 11.0 Å². The predicted molar refractivity (Wildman–Crippen MR) is 69.9 cm³/mol. The van der Waals surface area contributed by atoms with E-state index in [-0.39, 0.29) is 5.75 Å². The molecule has 96 valence electrons. The topological polar surface area (TPSA) is 98.0 Å². The van der Waals surface area contributed by atoms with E-state index in [0.717, 1.165) is 0 Å². The zero-order valence-corrected chi connectivity index (χ0v) is 11.6. The van der Waals surface area contributed by atoms with Crippen molar-refractivity contribution in [3.8, 4) is 0 Å². The van der Waals surface area contributed by atoms with Crippen molar-refractivity contribution in [2.75, 3.05) is 23.9 Å². The highest BCUT2D eigenvalue weighted by atomic mass is 35.5. The summed E-state index contributed by atoms with van der Waals surface area (Å²) in [6.45, 7) is 0.456. The van der Waals surface area contributed by atoms with Gasteiger partial charge >= 0.3 is 0 Å². The molecule has 0 bridgehead atoms. The van der Waals surface area contributed by atoms with Gasteiger partial charge in [-0.15, -0.1) is 0 Å². The van der Waals surface area contributed by atoms with Gasteiger partial charge in [0, 0.05) is 12.6 Å². The molecule has 0 amide bonds. The van der Waals surface area contributed by atoms with E-state index in [0.29, 0.717) is 29.1 Å². The number of hydrogen-bond donors (Lipinski definition) is 2. The van der Waals surface area contributed by atoms with Gasteiger partial charge in [0.05, 0.1) is 5.75 Å². The van der Waals surface area contributed by atoms with Crippen LogP contribution in [-0.4, -0.2) is 36.9 Å². The summed E-state index contributed by atoms with van der Waals surface area (Å²) in [5.74, 6) is 0.512. The van der Waals surface area contributed by atoms with Crippen molar-refractivity contribution in [3.63, 3.8) is 0 Å². The summed E-state index contributed by atoms with van der Waals surface area (Å²) in [5.41, 5.74) is 0. The number of hydrogen-bond acceptors (Lipinski definition) is 6. The summed E-state index contributed by atoms with van der Waals surface area (Å²) in [6, 6.07) is 1.58. The second-order valence-electron chi connectivity index (χ2n) is 3.21. The number of nitrogens with one attached hydrogen (secondary N) is 1. The molecule has 1 aromatic rings. The maximum atomic E-state index is 10.7. The minimum absolute atomic E-state index is 0.0613. The number of sulfonamides is 1. The first-order chi connectivity index (χ1) is 7.90. The molecule has 0 spiro atoms. The molecule has 0 atom stereocenters. The van der Waals surface area contributed by atoms with E-state index in [4.69, 9.17) is 16.7 Å². The number of nitrogens with zero attached hydrogens (tertiary/aromatic N) is 2. The van der Waals surface area contributed by atoms with E-state index in [9.17, 15) is 8.42 Å². The molecule has 0 aliphatic rings. The Bertz CT molecular complexity index is 480. The lowest BCUT2D eigenvalue weighted by molar-refractivity contribution is 0.595. The van der Waals surface area contributed by atoms with Crippen LogP contribution in [0.1, 0.15) is 6.42 Å². The highest BCUT2D eigenvalue weighted by molar-refractivity contribution is 7.98. The monoisotopic (exact) mass is 296 g/mol. The van der Waals surface area contributed by atoms with E-state index in [1.807, 2.05) is 6.26 Å². The zero-order chi connectivity index (χ0) is 12.9. The summed E-state index contributed by atoms with van der Waals surface area (Å²) >= 11 is 7.17. The highest BCUT2D eigenvalue weighted by Gasteiger charge is 2.04. The van der Waals surface area contributed by atoms with E-state index >= 15 is 0 Å². The molecule has 1 heterocycles. The van der Waals surface area contributed by atoms with Gasteiger partial charge in [0.25, 0.3) is 0 Å². The van der Waals surface area contributed by atoms with Crippen LogP contribution in [0.4, 0.5) is 5.82 Å². The first kappa shape index (κ1) is 14.5. The molecule has 17 heavy (non-hydrogen) atoms. The van der Waals surface area contributed by atoms with Crippen LogP contribution in [0.3, 0.4) is 0 Å². The van der Waals surface area contributed by atoms with Gasteiger partial charge in [-0.25, -0.2) is 23.5 Å². The second kappa shape index (κ2) is 6.39. The van der Waals surface area contributed by atoms with E-state index in [2.05, 4.69) is 15.3 Å². The van der Waals surface area contributed by atoms with Crippen LogP contribution in [0.5, 0.6) is 0 Å². The van der Waals surface area contributed by atoms with Crippen molar-refractivity contribution >= 4 is 39.2 Å². The average molecular weight is 297 g/mol. The van der Waals surface area contributed by atoms with Crippen molar-refractivity contribution in [1.29, 1.82) is 0 Å². The lowest BCUT2D eigenvalue weighted by Gasteiger charge is -2.06. The normalized spacial score (nSPS) is 11.5. The minimum Gasteiger partial charge on any atom is -0.370 e. The van der Waals surface area contributed by atoms with Crippen LogP contribution < -0.4 is 10.5 Å². The number of rotatable bonds is 6. The van der Waals surface area contributed by atoms with Crippen LogP contribution in [0.25, 0.3) is 0 Å². The Morgan fingerprint density at radius 1 is 1.53 bits per heavy atom. The molecule has 0 unspecified atom stereocenters. The fraction of sp³-hybridized carbons (Fsp3) is 0.500. The van der Waals surface area contributed by atoms with Crippen molar-refractivity contribution in [2.24, 2.45) is 5.14 Å². The molecule has 0 fully saturated rings. The van der Waals surface area contributed by atoms with Gasteiger partial charge in [-0.05, 0) is 12.7 Å². The first-order valence-corrected chi connectivity index (χ1v) is 8.05. The molecule has 1 rings (SSSR count). The standard InChI is InChI=1S/C8H13ClN4O2S2/c1-16-8-12-6(9)5-7(13-8)11-3-2-4-17(10,14)15/h5H,2-4H2,1H3,(H2,10,14,15)(H,11,12,13). The third-order valence-corrected chi connectivity index (χ3v) is 3.37. The lowest BCUT2D eigenvalue weighted by Crippen LogP contribution is -2.18. The molecular weight excluding hydrogens is 284 g/mol. The quantitative estimate of drug-likeness (QED) is 0.351. The average Bonchev–Trinajstić information content (AvgIpc) is 2.22. The number of nitrogens with two attached hydrogens (primary N) is 1. The Balaban J connectivity index is 2.49. The Labute approximate surface area is 109 Å². The van der Waals surface area contributed by atoms with Crippen molar-refractivity contribution < 1.29 is 8.42 Å². The molecule has 9 heteroatoms. The highest BCUT2D eigenvalue weighted by Crippen LogP contribution is 2.16. The fourth-order valence-electron chi connectivity index (χ4n) is 1.07. The third-order valence-electron chi connectivity index (χ3n) is 1.77. The Hall–Kier alpha value is -0.570. The van der Waals surface area contributed by atoms with Gasteiger partial charge in [-0.1, -0.05) is 23.4 Å². The Morgan fingerprint density at radius 3 is 2.82 bits per heavy atom. The lowest BCUT2D eigenvalue weighted by atomic mass is 10.4. The molecule has 0 aromatic carbocycles. The molecule has 0 saturated heterocycles. The number of aromatic nitrogens is 2. The van der Waals surface area contributed by atoms with E-state index < -0.39 is 10.0 Å². The molecule has 3 N–H and O–H groups in total. The Morgan fingerprint density at radius 2 is 2.24 bits per heavy atom.